The maximum absolute atomic E-state index is 3.56. The fourth-order valence-electron chi connectivity index (χ4n) is 1.37. The van der Waals surface area contributed by atoms with E-state index in [-0.39, 0.29) is 0 Å². The van der Waals surface area contributed by atoms with Crippen molar-refractivity contribution in [2.45, 2.75) is 26.7 Å². The van der Waals surface area contributed by atoms with Crippen molar-refractivity contribution < 1.29 is 0 Å². The minimum absolute atomic E-state index is 0.872. The third-order valence-corrected chi connectivity index (χ3v) is 3.01. The van der Waals surface area contributed by atoms with Crippen molar-refractivity contribution in [1.82, 2.24) is 0 Å². The van der Waals surface area contributed by atoms with Crippen LogP contribution in [0.15, 0.2) is 0 Å². The van der Waals surface area contributed by atoms with E-state index in [4.69, 9.17) is 0 Å². The van der Waals surface area contributed by atoms with Crippen molar-refractivity contribution in [2.24, 2.45) is 17.8 Å². The zero-order valence-electron chi connectivity index (χ0n) is 6.23. The Morgan fingerprint density at radius 1 is 1.44 bits per heavy atom. The summed E-state index contributed by atoms with van der Waals surface area (Å²) in [5.41, 5.74) is 0. The van der Waals surface area contributed by atoms with Crippen molar-refractivity contribution in [2.75, 3.05) is 5.33 Å². The normalized spacial score (nSPS) is 22.7. The minimum Gasteiger partial charge on any atom is -0.0925 e. The molecule has 1 fully saturated rings. The van der Waals surface area contributed by atoms with Crippen LogP contribution in [0.25, 0.3) is 0 Å². The summed E-state index contributed by atoms with van der Waals surface area (Å²) in [6, 6.07) is 0. The van der Waals surface area contributed by atoms with Crippen molar-refractivity contribution in [3.63, 3.8) is 0 Å². The number of alkyl halides is 1. The molecule has 0 amide bonds. The molecule has 1 rings (SSSR count). The van der Waals surface area contributed by atoms with Crippen LogP contribution in [-0.2, 0) is 0 Å². The third-order valence-electron chi connectivity index (χ3n) is 2.26. The average Bonchev–Trinajstić information content (AvgIpc) is 2.50. The molecule has 0 radical (unpaired) electrons. The summed E-state index contributed by atoms with van der Waals surface area (Å²) < 4.78 is 0. The van der Waals surface area contributed by atoms with Gasteiger partial charge in [-0.25, -0.2) is 0 Å². The van der Waals surface area contributed by atoms with Gasteiger partial charge < -0.3 is 0 Å². The van der Waals surface area contributed by atoms with Crippen molar-refractivity contribution in [1.29, 1.82) is 0 Å². The van der Waals surface area contributed by atoms with Crippen LogP contribution in [0, 0.1) is 17.8 Å². The second-order valence-electron chi connectivity index (χ2n) is 3.40. The summed E-state index contributed by atoms with van der Waals surface area (Å²) in [6.45, 7) is 4.65. The lowest BCUT2D eigenvalue weighted by atomic mass is 9.93. The molecule has 1 saturated carbocycles. The lowest BCUT2D eigenvalue weighted by Crippen LogP contribution is -2.11. The van der Waals surface area contributed by atoms with E-state index in [1.165, 1.54) is 18.2 Å². The molecule has 1 aliphatic carbocycles. The molecular weight excluding hydrogens is 176 g/mol. The van der Waals surface area contributed by atoms with Crippen LogP contribution in [0.3, 0.4) is 0 Å². The summed E-state index contributed by atoms with van der Waals surface area (Å²) >= 11 is 3.56. The van der Waals surface area contributed by atoms with Gasteiger partial charge in [0.1, 0.15) is 0 Å². The highest BCUT2D eigenvalue weighted by molar-refractivity contribution is 9.09. The number of halogens is 1. The van der Waals surface area contributed by atoms with E-state index in [0.29, 0.717) is 0 Å². The maximum Gasteiger partial charge on any atom is 0.00647 e. The molecule has 0 N–H and O–H groups in total. The SMILES string of the molecule is CC(C)C(CBr)C1CC1. The van der Waals surface area contributed by atoms with Gasteiger partial charge in [-0.1, -0.05) is 29.8 Å². The van der Waals surface area contributed by atoms with Crippen LogP contribution in [0.1, 0.15) is 26.7 Å². The maximum atomic E-state index is 3.56. The largest absolute Gasteiger partial charge is 0.0925 e. The summed E-state index contributed by atoms with van der Waals surface area (Å²) in [7, 11) is 0. The van der Waals surface area contributed by atoms with E-state index in [0.717, 1.165) is 17.8 Å². The smallest absolute Gasteiger partial charge is 0.00647 e. The van der Waals surface area contributed by atoms with Crippen LogP contribution in [0.2, 0.25) is 0 Å². The van der Waals surface area contributed by atoms with E-state index < -0.39 is 0 Å². The second-order valence-corrected chi connectivity index (χ2v) is 4.05. The van der Waals surface area contributed by atoms with Crippen LogP contribution >= 0.6 is 15.9 Å². The molecule has 0 aliphatic heterocycles. The van der Waals surface area contributed by atoms with E-state index in [2.05, 4.69) is 29.8 Å². The van der Waals surface area contributed by atoms with Gasteiger partial charge in [-0.2, -0.15) is 0 Å². The molecule has 1 unspecified atom stereocenters. The lowest BCUT2D eigenvalue weighted by Gasteiger charge is -2.16. The molecule has 1 atom stereocenters. The molecule has 0 aromatic heterocycles. The molecule has 9 heavy (non-hydrogen) atoms. The minimum atomic E-state index is 0.872. The molecule has 0 aromatic carbocycles. The summed E-state index contributed by atoms with van der Waals surface area (Å²) in [5, 5.41) is 1.20. The molecule has 1 aliphatic rings. The Labute approximate surface area is 66.2 Å². The summed E-state index contributed by atoms with van der Waals surface area (Å²) in [4.78, 5) is 0. The fraction of sp³-hybridized carbons (Fsp3) is 1.00. The molecular formula is C8H15Br. The standard InChI is InChI=1S/C8H15Br/c1-6(2)8(5-9)7-3-4-7/h6-8H,3-5H2,1-2H3. The highest BCUT2D eigenvalue weighted by atomic mass is 79.9. The topological polar surface area (TPSA) is 0 Å². The molecule has 1 heteroatoms. The zero-order chi connectivity index (χ0) is 6.85. The van der Waals surface area contributed by atoms with Gasteiger partial charge in [-0.15, -0.1) is 0 Å². The first kappa shape index (κ1) is 7.59. The van der Waals surface area contributed by atoms with E-state index in [9.17, 15) is 0 Å². The number of hydrogen-bond donors (Lipinski definition) is 0. The van der Waals surface area contributed by atoms with Gasteiger partial charge in [0, 0.05) is 5.33 Å². The lowest BCUT2D eigenvalue weighted by molar-refractivity contribution is 0.382. The van der Waals surface area contributed by atoms with Gasteiger partial charge in [-0.3, -0.25) is 0 Å². The number of hydrogen-bond acceptors (Lipinski definition) is 0. The molecule has 0 bridgehead atoms. The second kappa shape index (κ2) is 3.05. The van der Waals surface area contributed by atoms with Crippen molar-refractivity contribution in [3.8, 4) is 0 Å². The zero-order valence-corrected chi connectivity index (χ0v) is 7.82. The van der Waals surface area contributed by atoms with Crippen LogP contribution in [0.5, 0.6) is 0 Å². The van der Waals surface area contributed by atoms with Crippen LogP contribution < -0.4 is 0 Å². The molecule has 0 nitrogen and oxygen atoms in total. The molecule has 0 spiro atoms. The Morgan fingerprint density at radius 2 is 2.00 bits per heavy atom. The first-order chi connectivity index (χ1) is 4.25. The Hall–Kier alpha value is 0.480. The highest BCUT2D eigenvalue weighted by Gasteiger charge is 2.31. The molecule has 0 saturated heterocycles. The van der Waals surface area contributed by atoms with Gasteiger partial charge in [0.05, 0.1) is 0 Å². The Kier molecular flexibility index (Phi) is 2.57. The highest BCUT2D eigenvalue weighted by Crippen LogP contribution is 2.41. The Morgan fingerprint density at radius 3 is 2.11 bits per heavy atom. The first-order valence-electron chi connectivity index (χ1n) is 3.81. The molecule has 0 aromatic rings. The Bertz CT molecular complexity index is 82.6. The van der Waals surface area contributed by atoms with E-state index in [1.54, 1.807) is 0 Å². The summed E-state index contributed by atoms with van der Waals surface area (Å²) in [6.07, 6.45) is 2.96. The van der Waals surface area contributed by atoms with Crippen LogP contribution in [-0.4, -0.2) is 5.33 Å². The first-order valence-corrected chi connectivity index (χ1v) is 4.93. The predicted molar refractivity (Wildman–Crippen MR) is 44.8 cm³/mol. The average molecular weight is 191 g/mol. The van der Waals surface area contributed by atoms with Crippen molar-refractivity contribution >= 4 is 15.9 Å². The predicted octanol–water partition coefficient (Wildman–Crippen LogP) is 3.06. The Balaban J connectivity index is 2.28. The van der Waals surface area contributed by atoms with E-state index >= 15 is 0 Å². The monoisotopic (exact) mass is 190 g/mol. The van der Waals surface area contributed by atoms with Crippen LogP contribution in [0.4, 0.5) is 0 Å². The summed E-state index contributed by atoms with van der Waals surface area (Å²) in [5.74, 6) is 2.88. The van der Waals surface area contributed by atoms with Gasteiger partial charge in [0.2, 0.25) is 0 Å². The fourth-order valence-corrected chi connectivity index (χ4v) is 2.65. The number of rotatable bonds is 3. The molecule has 54 valence electrons. The van der Waals surface area contributed by atoms with Crippen molar-refractivity contribution in [3.05, 3.63) is 0 Å². The van der Waals surface area contributed by atoms with Gasteiger partial charge in [0.15, 0.2) is 0 Å². The van der Waals surface area contributed by atoms with Gasteiger partial charge >= 0.3 is 0 Å². The quantitative estimate of drug-likeness (QED) is 0.601. The van der Waals surface area contributed by atoms with Gasteiger partial charge in [-0.05, 0) is 30.6 Å². The van der Waals surface area contributed by atoms with E-state index in [1.807, 2.05) is 0 Å². The molecule has 0 heterocycles. The van der Waals surface area contributed by atoms with Gasteiger partial charge in [0.25, 0.3) is 0 Å². The third kappa shape index (κ3) is 1.96.